The first-order valence-corrected chi connectivity index (χ1v) is 12.1. The monoisotopic (exact) mass is 465 g/mol. The molecule has 4 rings (SSSR count). The summed E-state index contributed by atoms with van der Waals surface area (Å²) in [4.78, 5) is 11.7. The molecule has 1 aliphatic heterocycles. The van der Waals surface area contributed by atoms with Crippen LogP contribution in [0.4, 0.5) is 0 Å². The Morgan fingerprint density at radius 1 is 1.06 bits per heavy atom. The van der Waals surface area contributed by atoms with Gasteiger partial charge in [0.25, 0.3) is 0 Å². The molecule has 0 atom stereocenters. The maximum atomic E-state index is 11.7. The van der Waals surface area contributed by atoms with E-state index in [4.69, 9.17) is 9.47 Å². The second kappa shape index (κ2) is 10.7. The number of hydrogen-bond donors (Lipinski definition) is 0. The topological polar surface area (TPSA) is 59.3 Å². The maximum absolute atomic E-state index is 11.7. The molecule has 1 aliphatic rings. The first kappa shape index (κ1) is 24.4. The molecule has 0 N–H and O–H groups in total. The molecule has 4 nitrogen and oxygen atoms in total. The third kappa shape index (κ3) is 5.53. The fraction of sp³-hybridized carbons (Fsp3) is 0.290. The van der Waals surface area contributed by atoms with Gasteiger partial charge in [0.2, 0.25) is 0 Å². The average molecular weight is 466 g/mol. The van der Waals surface area contributed by atoms with Crippen LogP contribution in [-0.4, -0.2) is 25.1 Å². The van der Waals surface area contributed by atoms with Gasteiger partial charge in [0.15, 0.2) is 5.78 Å². The number of nitrogens with zero attached hydrogens (tertiary/aromatic N) is 1. The van der Waals surface area contributed by atoms with Gasteiger partial charge < -0.3 is 9.47 Å². The molecular formula is C31H31NO3. The predicted octanol–water partition coefficient (Wildman–Crippen LogP) is 7.16. The van der Waals surface area contributed by atoms with Gasteiger partial charge in [0.05, 0.1) is 18.8 Å². The number of Topliss-reactive ketones (excluding diaryl/α,β-unsaturated/α-hetero) is 1. The first-order valence-electron chi connectivity index (χ1n) is 12.1. The van der Waals surface area contributed by atoms with Crippen molar-refractivity contribution in [3.63, 3.8) is 0 Å². The fourth-order valence-electron chi connectivity index (χ4n) is 4.62. The van der Waals surface area contributed by atoms with Crippen molar-refractivity contribution in [2.75, 3.05) is 13.2 Å². The number of hydrogen-bond acceptors (Lipinski definition) is 4. The number of rotatable bonds is 6. The second-order valence-corrected chi connectivity index (χ2v) is 9.19. The van der Waals surface area contributed by atoms with Gasteiger partial charge in [0, 0.05) is 18.4 Å². The lowest BCUT2D eigenvalue weighted by molar-refractivity contribution is 0.0254. The Morgan fingerprint density at radius 3 is 2.51 bits per heavy atom. The molecule has 35 heavy (non-hydrogen) atoms. The molecular weight excluding hydrogens is 434 g/mol. The van der Waals surface area contributed by atoms with Crippen LogP contribution in [0.25, 0.3) is 22.8 Å². The molecule has 0 radical (unpaired) electrons. The van der Waals surface area contributed by atoms with Gasteiger partial charge in [-0.3, -0.25) is 4.79 Å². The average Bonchev–Trinajstić information content (AvgIpc) is 2.86. The fourth-order valence-corrected chi connectivity index (χ4v) is 4.62. The van der Waals surface area contributed by atoms with E-state index in [2.05, 4.69) is 38.1 Å². The molecule has 0 amide bonds. The van der Waals surface area contributed by atoms with E-state index in [1.807, 2.05) is 49.4 Å². The van der Waals surface area contributed by atoms with Crippen LogP contribution in [0.5, 0.6) is 5.75 Å². The third-order valence-electron chi connectivity index (χ3n) is 6.68. The highest BCUT2D eigenvalue weighted by molar-refractivity contribution is 5.95. The Labute approximate surface area is 207 Å². The minimum absolute atomic E-state index is 0.0748. The Balaban J connectivity index is 1.64. The van der Waals surface area contributed by atoms with E-state index in [1.54, 1.807) is 6.92 Å². The number of nitriles is 1. The lowest BCUT2D eigenvalue weighted by Crippen LogP contribution is -2.26. The molecule has 1 saturated heterocycles. The van der Waals surface area contributed by atoms with Gasteiger partial charge in [0.1, 0.15) is 17.9 Å². The predicted molar refractivity (Wildman–Crippen MR) is 141 cm³/mol. The van der Waals surface area contributed by atoms with Crippen molar-refractivity contribution in [3.8, 4) is 22.9 Å². The smallest absolute Gasteiger partial charge is 0.159 e. The summed E-state index contributed by atoms with van der Waals surface area (Å²) < 4.78 is 11.5. The molecule has 0 bridgehead atoms. The molecule has 1 fully saturated rings. The summed E-state index contributed by atoms with van der Waals surface area (Å²) in [5, 5.41) is 9.78. The van der Waals surface area contributed by atoms with Crippen molar-refractivity contribution in [2.45, 2.75) is 46.6 Å². The zero-order valence-corrected chi connectivity index (χ0v) is 20.9. The lowest BCUT2D eigenvalue weighted by Gasteiger charge is -2.24. The highest BCUT2D eigenvalue weighted by atomic mass is 16.5. The Morgan fingerprint density at radius 2 is 1.83 bits per heavy atom. The summed E-state index contributed by atoms with van der Waals surface area (Å²) in [7, 11) is 0. The maximum Gasteiger partial charge on any atom is 0.159 e. The number of carbonyl (C=O) groups excluding carboxylic acids is 1. The van der Waals surface area contributed by atoms with Crippen LogP contribution in [0, 0.1) is 25.2 Å². The second-order valence-electron chi connectivity index (χ2n) is 9.19. The van der Waals surface area contributed by atoms with Gasteiger partial charge in [-0.1, -0.05) is 42.5 Å². The van der Waals surface area contributed by atoms with Crippen molar-refractivity contribution in [1.29, 1.82) is 5.26 Å². The van der Waals surface area contributed by atoms with E-state index in [9.17, 15) is 10.1 Å². The molecule has 178 valence electrons. The van der Waals surface area contributed by atoms with Crippen LogP contribution in [0.1, 0.15) is 64.9 Å². The Kier molecular flexibility index (Phi) is 7.48. The van der Waals surface area contributed by atoms with Crippen molar-refractivity contribution < 1.29 is 14.3 Å². The summed E-state index contributed by atoms with van der Waals surface area (Å²) >= 11 is 0. The summed E-state index contributed by atoms with van der Waals surface area (Å²) in [6, 6.07) is 20.3. The van der Waals surface area contributed by atoms with E-state index in [0.29, 0.717) is 24.5 Å². The van der Waals surface area contributed by atoms with Gasteiger partial charge in [-0.25, -0.2) is 0 Å². The number of ether oxygens (including phenoxy) is 2. The minimum Gasteiger partial charge on any atom is -0.489 e. The van der Waals surface area contributed by atoms with Crippen LogP contribution in [0.15, 0.2) is 54.6 Å². The minimum atomic E-state index is 0.0748. The number of carbonyl (C=O) groups is 1. The third-order valence-corrected chi connectivity index (χ3v) is 6.68. The van der Waals surface area contributed by atoms with E-state index in [-0.39, 0.29) is 11.9 Å². The van der Waals surface area contributed by atoms with Crippen LogP contribution in [0.3, 0.4) is 0 Å². The van der Waals surface area contributed by atoms with Gasteiger partial charge >= 0.3 is 0 Å². The Bertz CT molecular complexity index is 1320. The molecule has 0 saturated carbocycles. The zero-order chi connectivity index (χ0) is 24.9. The van der Waals surface area contributed by atoms with Gasteiger partial charge in [-0.15, -0.1) is 0 Å². The molecule has 0 aliphatic carbocycles. The highest BCUT2D eigenvalue weighted by Gasteiger charge is 2.18. The number of aryl methyl sites for hydroxylation is 1. The van der Waals surface area contributed by atoms with Crippen LogP contribution in [0.2, 0.25) is 0 Å². The first-order chi connectivity index (χ1) is 16.9. The molecule has 0 spiro atoms. The van der Waals surface area contributed by atoms with Crippen molar-refractivity contribution in [3.05, 3.63) is 88.0 Å². The van der Waals surface area contributed by atoms with Crippen LogP contribution >= 0.6 is 0 Å². The highest BCUT2D eigenvalue weighted by Crippen LogP contribution is 2.32. The van der Waals surface area contributed by atoms with E-state index < -0.39 is 0 Å². The molecule has 3 aromatic rings. The van der Waals surface area contributed by atoms with Gasteiger partial charge in [-0.05, 0) is 84.8 Å². The van der Waals surface area contributed by atoms with E-state index in [0.717, 1.165) is 57.4 Å². The summed E-state index contributed by atoms with van der Waals surface area (Å²) in [5.74, 6) is 0.711. The molecule has 0 unspecified atom stereocenters. The number of ketones is 1. The quantitative estimate of drug-likeness (QED) is 0.286. The largest absolute Gasteiger partial charge is 0.489 e. The van der Waals surface area contributed by atoms with E-state index >= 15 is 0 Å². The van der Waals surface area contributed by atoms with E-state index in [1.165, 1.54) is 0 Å². The van der Waals surface area contributed by atoms with Crippen LogP contribution < -0.4 is 4.74 Å². The van der Waals surface area contributed by atoms with Crippen molar-refractivity contribution in [2.24, 2.45) is 0 Å². The SMILES string of the molecule is CC(=O)c1ccc(/C(C)=C/c2cccc(-c3ccc(OC4CCOCC4)c(C#N)c3)c2C)c(C)c1. The molecule has 0 aromatic heterocycles. The summed E-state index contributed by atoms with van der Waals surface area (Å²) in [5.41, 5.74) is 8.97. The summed E-state index contributed by atoms with van der Waals surface area (Å²) in [6.07, 6.45) is 3.96. The number of allylic oxidation sites excluding steroid dienone is 1. The zero-order valence-electron chi connectivity index (χ0n) is 20.9. The normalized spacial score (nSPS) is 14.4. The van der Waals surface area contributed by atoms with Crippen molar-refractivity contribution >= 4 is 17.4 Å². The van der Waals surface area contributed by atoms with Gasteiger partial charge in [-0.2, -0.15) is 5.26 Å². The Hall–Kier alpha value is -3.68. The lowest BCUT2D eigenvalue weighted by atomic mass is 9.92. The molecule has 3 aromatic carbocycles. The molecule has 1 heterocycles. The standard InChI is InChI=1S/C31H31NO3/c1-20(29-10-8-25(23(4)33)17-21(29)2)16-24-6-5-7-30(22(24)3)26-9-11-31(27(18-26)19-32)35-28-12-14-34-15-13-28/h5-11,16-18,28H,12-15H2,1-4H3/b20-16+. The number of benzene rings is 3. The summed E-state index contributed by atoms with van der Waals surface area (Å²) in [6.45, 7) is 9.23. The van der Waals surface area contributed by atoms with Crippen molar-refractivity contribution in [1.82, 2.24) is 0 Å². The molecule has 4 heteroatoms. The van der Waals surface area contributed by atoms with Crippen LogP contribution in [-0.2, 0) is 4.74 Å².